The number of aliphatic hydroxyl groups is 2. The van der Waals surface area contributed by atoms with Gasteiger partial charge in [-0.3, -0.25) is 4.79 Å². The van der Waals surface area contributed by atoms with E-state index in [4.69, 9.17) is 15.6 Å². The number of carbonyl (C=O) groups excluding carboxylic acids is 1. The molecule has 204 valence electrons. The summed E-state index contributed by atoms with van der Waals surface area (Å²) in [6.45, 7) is 1.52. The molecule has 0 fully saturated rings. The predicted molar refractivity (Wildman–Crippen MR) is 154 cm³/mol. The van der Waals surface area contributed by atoms with E-state index in [1.54, 1.807) is 36.5 Å². The van der Waals surface area contributed by atoms with Gasteiger partial charge >= 0.3 is 0 Å². The van der Waals surface area contributed by atoms with Crippen molar-refractivity contribution in [2.75, 3.05) is 13.2 Å². The second-order valence-electron chi connectivity index (χ2n) is 9.19. The zero-order valence-corrected chi connectivity index (χ0v) is 23.4. The number of ether oxygens (including phenoxy) is 1. The molecule has 4 aromatic rings. The first-order valence-corrected chi connectivity index (χ1v) is 13.5. The van der Waals surface area contributed by atoms with Crippen LogP contribution in [0.25, 0.3) is 11.3 Å². The molecular weight excluding hydrogens is 614 g/mol. The van der Waals surface area contributed by atoms with E-state index in [2.05, 4.69) is 37.9 Å². The Morgan fingerprint density at radius 3 is 2.51 bits per heavy atom. The molecule has 0 aliphatic carbocycles. The molecule has 39 heavy (non-hydrogen) atoms. The second kappa shape index (κ2) is 13.2. The van der Waals surface area contributed by atoms with E-state index in [1.165, 1.54) is 6.07 Å². The number of hydrogen-bond donors (Lipinski definition) is 5. The predicted octanol–water partition coefficient (Wildman–Crippen LogP) is 4.21. The van der Waals surface area contributed by atoms with Crippen LogP contribution in [0.5, 0.6) is 5.75 Å². The van der Waals surface area contributed by atoms with Gasteiger partial charge in [0, 0.05) is 15.1 Å². The van der Waals surface area contributed by atoms with Crippen molar-refractivity contribution in [1.82, 2.24) is 15.3 Å². The lowest BCUT2D eigenvalue weighted by molar-refractivity contribution is -0.123. The highest BCUT2D eigenvalue weighted by Crippen LogP contribution is 2.32. The van der Waals surface area contributed by atoms with Crippen molar-refractivity contribution >= 4 is 28.5 Å². The van der Waals surface area contributed by atoms with Gasteiger partial charge < -0.3 is 31.0 Å². The first-order chi connectivity index (χ1) is 18.8. The highest BCUT2D eigenvalue weighted by molar-refractivity contribution is 14.1. The van der Waals surface area contributed by atoms with Gasteiger partial charge in [-0.25, -0.2) is 9.37 Å². The summed E-state index contributed by atoms with van der Waals surface area (Å²) in [5.74, 6) is -0.0114. The molecule has 0 saturated carbocycles. The first-order valence-electron chi connectivity index (χ1n) is 12.4. The average Bonchev–Trinajstić information content (AvgIpc) is 3.44. The number of hydrogen-bond acceptors (Lipinski definition) is 6. The minimum atomic E-state index is -0.981. The fraction of sp³-hybridized carbons (Fsp3) is 0.241. The summed E-state index contributed by atoms with van der Waals surface area (Å²) in [5, 5.41) is 21.4. The Labute approximate surface area is 239 Å². The van der Waals surface area contributed by atoms with Crippen LogP contribution in [0.3, 0.4) is 0 Å². The molecule has 3 aromatic carbocycles. The molecule has 10 heteroatoms. The number of aromatic amines is 1. The maximum absolute atomic E-state index is 14.6. The SMILES string of the molecule is C[C@@H](c1ccccc1)[C@H](NC(=O)C(N)c1ccc(OCC(O)CO)cc1)c1ncc(-c2ccc(I)cc2F)[nH]1. The van der Waals surface area contributed by atoms with Gasteiger partial charge in [-0.1, -0.05) is 49.4 Å². The lowest BCUT2D eigenvalue weighted by Crippen LogP contribution is -2.39. The highest BCUT2D eigenvalue weighted by atomic mass is 127. The van der Waals surface area contributed by atoms with Gasteiger partial charge in [0.05, 0.1) is 24.5 Å². The number of amides is 1. The van der Waals surface area contributed by atoms with Gasteiger partial charge in [0.1, 0.15) is 36.1 Å². The van der Waals surface area contributed by atoms with Crippen LogP contribution in [0, 0.1) is 9.39 Å². The Hall–Kier alpha value is -3.32. The number of halogens is 2. The highest BCUT2D eigenvalue weighted by Gasteiger charge is 2.28. The molecular formula is C29H30FIN4O4. The van der Waals surface area contributed by atoms with Gasteiger partial charge in [0.15, 0.2) is 0 Å². The Morgan fingerprint density at radius 2 is 1.85 bits per heavy atom. The fourth-order valence-corrected chi connectivity index (χ4v) is 4.58. The zero-order chi connectivity index (χ0) is 27.9. The molecule has 4 atom stereocenters. The third-order valence-corrected chi connectivity index (χ3v) is 7.08. The van der Waals surface area contributed by atoms with Crippen molar-refractivity contribution in [1.29, 1.82) is 0 Å². The summed E-state index contributed by atoms with van der Waals surface area (Å²) in [6.07, 6.45) is 0.578. The van der Waals surface area contributed by atoms with Crippen molar-refractivity contribution in [3.63, 3.8) is 0 Å². The van der Waals surface area contributed by atoms with Gasteiger partial charge in [0.2, 0.25) is 5.91 Å². The van der Waals surface area contributed by atoms with Gasteiger partial charge in [0.25, 0.3) is 0 Å². The van der Waals surface area contributed by atoms with E-state index < -0.39 is 30.7 Å². The minimum absolute atomic E-state index is 0.0569. The number of carbonyl (C=O) groups is 1. The third-order valence-electron chi connectivity index (χ3n) is 6.41. The molecule has 8 nitrogen and oxygen atoms in total. The van der Waals surface area contributed by atoms with Crippen LogP contribution in [-0.2, 0) is 4.79 Å². The summed E-state index contributed by atoms with van der Waals surface area (Å²) in [4.78, 5) is 21.0. The average molecular weight is 644 g/mol. The van der Waals surface area contributed by atoms with Crippen LogP contribution in [-0.4, -0.2) is 45.4 Å². The second-order valence-corrected chi connectivity index (χ2v) is 10.4. The summed E-state index contributed by atoms with van der Waals surface area (Å²) in [7, 11) is 0. The number of aromatic nitrogens is 2. The molecule has 0 saturated heterocycles. The summed E-state index contributed by atoms with van der Waals surface area (Å²) < 4.78 is 20.8. The van der Waals surface area contributed by atoms with Crippen LogP contribution in [0.15, 0.2) is 79.0 Å². The van der Waals surface area contributed by atoms with Crippen LogP contribution in [0.2, 0.25) is 0 Å². The molecule has 1 amide bonds. The lowest BCUT2D eigenvalue weighted by atomic mass is 9.92. The van der Waals surface area contributed by atoms with Crippen molar-refractivity contribution < 1.29 is 24.1 Å². The van der Waals surface area contributed by atoms with Crippen LogP contribution in [0.4, 0.5) is 4.39 Å². The number of H-pyrrole nitrogens is 1. The summed E-state index contributed by atoms with van der Waals surface area (Å²) >= 11 is 2.05. The summed E-state index contributed by atoms with van der Waals surface area (Å²) in [6, 6.07) is 19.7. The number of nitrogens with two attached hydrogens (primary N) is 1. The minimum Gasteiger partial charge on any atom is -0.491 e. The molecule has 2 unspecified atom stereocenters. The Bertz CT molecular complexity index is 1380. The normalized spacial score (nSPS) is 14.3. The quantitative estimate of drug-likeness (QED) is 0.156. The van der Waals surface area contributed by atoms with Crippen molar-refractivity contribution in [2.24, 2.45) is 5.73 Å². The number of imidazole rings is 1. The molecule has 1 heterocycles. The van der Waals surface area contributed by atoms with E-state index in [0.29, 0.717) is 28.4 Å². The smallest absolute Gasteiger partial charge is 0.242 e. The van der Waals surface area contributed by atoms with Crippen molar-refractivity contribution in [3.8, 4) is 17.0 Å². The van der Waals surface area contributed by atoms with Crippen LogP contribution >= 0.6 is 22.6 Å². The van der Waals surface area contributed by atoms with E-state index >= 15 is 0 Å². The zero-order valence-electron chi connectivity index (χ0n) is 21.2. The molecule has 0 bridgehead atoms. The monoisotopic (exact) mass is 644 g/mol. The van der Waals surface area contributed by atoms with E-state index in [0.717, 1.165) is 9.13 Å². The summed E-state index contributed by atoms with van der Waals surface area (Å²) in [5.41, 5.74) is 8.76. The molecule has 0 aliphatic heterocycles. The van der Waals surface area contributed by atoms with E-state index in [1.807, 2.05) is 43.3 Å². The third kappa shape index (κ3) is 7.21. The first kappa shape index (κ1) is 28.7. The van der Waals surface area contributed by atoms with Crippen LogP contribution in [0.1, 0.15) is 41.9 Å². The van der Waals surface area contributed by atoms with E-state index in [9.17, 15) is 14.3 Å². The molecule has 0 aliphatic rings. The van der Waals surface area contributed by atoms with Crippen molar-refractivity contribution in [3.05, 3.63) is 105 Å². The van der Waals surface area contributed by atoms with Gasteiger partial charge in [-0.2, -0.15) is 0 Å². The molecule has 1 aromatic heterocycles. The topological polar surface area (TPSA) is 133 Å². The Balaban J connectivity index is 1.56. The lowest BCUT2D eigenvalue weighted by Gasteiger charge is -2.26. The number of benzene rings is 3. The number of nitrogens with zero attached hydrogens (tertiary/aromatic N) is 1. The molecule has 6 N–H and O–H groups in total. The number of nitrogens with one attached hydrogen (secondary N) is 2. The largest absolute Gasteiger partial charge is 0.491 e. The van der Waals surface area contributed by atoms with Gasteiger partial charge in [-0.05, 0) is 64.0 Å². The maximum atomic E-state index is 14.6. The fourth-order valence-electron chi connectivity index (χ4n) is 4.13. The van der Waals surface area contributed by atoms with Gasteiger partial charge in [-0.15, -0.1) is 0 Å². The van der Waals surface area contributed by atoms with Crippen LogP contribution < -0.4 is 15.8 Å². The Morgan fingerprint density at radius 1 is 1.13 bits per heavy atom. The van der Waals surface area contributed by atoms with E-state index in [-0.39, 0.29) is 18.3 Å². The number of aliphatic hydroxyl groups excluding tert-OH is 2. The Kier molecular flexibility index (Phi) is 9.68. The number of rotatable bonds is 11. The van der Waals surface area contributed by atoms with Crippen molar-refractivity contribution in [2.45, 2.75) is 31.0 Å². The molecule has 4 rings (SSSR count). The molecule has 0 radical (unpaired) electrons. The molecule has 0 spiro atoms. The maximum Gasteiger partial charge on any atom is 0.242 e. The standard InChI is InChI=1S/C29H30FIN4O4/c1-17(18-5-3-2-4-6-18)27(28-33-14-25(34-28)23-12-9-20(31)13-24(23)30)35-29(38)26(32)19-7-10-22(11-8-19)39-16-21(37)15-36/h2-14,17,21,26-27,36-37H,15-16,32H2,1H3,(H,33,34)(H,35,38)/t17-,21?,26?,27-/m0/s1.